The molecule has 0 atom stereocenters. The average Bonchev–Trinajstić information content (AvgIpc) is 2.37. The van der Waals surface area contributed by atoms with E-state index in [1.807, 2.05) is 12.2 Å². The molecule has 0 aliphatic carbocycles. The Bertz CT molecular complexity index is 284. The number of hydrogen-bond acceptors (Lipinski definition) is 1. The topological polar surface area (TPSA) is 17.1 Å². The Kier molecular flexibility index (Phi) is 32.8. The molecular formula is C21H42O. The van der Waals surface area contributed by atoms with Crippen LogP contribution in [0.4, 0.5) is 0 Å². The molecule has 0 unspecified atom stereocenters. The smallest absolute Gasteiger partial charge is 0.126 e. The molecule has 0 heterocycles. The van der Waals surface area contributed by atoms with Crippen molar-refractivity contribution in [1.29, 1.82) is 0 Å². The Hall–Kier alpha value is -1.11. The molecular weight excluding hydrogens is 268 g/mol. The fraction of sp³-hybridized carbons (Fsp3) is 0.667. The van der Waals surface area contributed by atoms with Gasteiger partial charge in [-0.1, -0.05) is 90.3 Å². The van der Waals surface area contributed by atoms with Gasteiger partial charge < -0.3 is 4.79 Å². The Morgan fingerprint density at radius 3 is 1.45 bits per heavy atom. The van der Waals surface area contributed by atoms with Gasteiger partial charge in [-0.2, -0.15) is 0 Å². The van der Waals surface area contributed by atoms with Crippen LogP contribution in [-0.4, -0.2) is 5.78 Å². The summed E-state index contributed by atoms with van der Waals surface area (Å²) in [7, 11) is 0. The van der Waals surface area contributed by atoms with Crippen molar-refractivity contribution < 1.29 is 4.79 Å². The van der Waals surface area contributed by atoms with Crippen LogP contribution in [-0.2, 0) is 4.79 Å². The summed E-state index contributed by atoms with van der Waals surface area (Å²) in [6, 6.07) is 0. The molecule has 0 spiro atoms. The first-order valence-corrected chi connectivity index (χ1v) is 8.52. The number of Topliss-reactive ketones (excluding diaryl/α,β-unsaturated/α-hetero) is 1. The van der Waals surface area contributed by atoms with E-state index in [1.165, 1.54) is 37.8 Å². The van der Waals surface area contributed by atoms with E-state index in [1.54, 1.807) is 0 Å². The van der Waals surface area contributed by atoms with Crippen molar-refractivity contribution in [1.82, 2.24) is 0 Å². The lowest BCUT2D eigenvalue weighted by atomic mass is 10.1. The first kappa shape index (κ1) is 29.0. The SMILES string of the molecule is C=C/C=C(C)\C=C(/C)CC.CC(C)=O.CC(C)C.CCCC. The highest BCUT2D eigenvalue weighted by Gasteiger charge is 1.83. The van der Waals surface area contributed by atoms with Crippen LogP contribution in [0.2, 0.25) is 0 Å². The third kappa shape index (κ3) is 76.5. The summed E-state index contributed by atoms with van der Waals surface area (Å²) < 4.78 is 0. The first-order valence-electron chi connectivity index (χ1n) is 8.52. The highest BCUT2D eigenvalue weighted by Crippen LogP contribution is 2.04. The molecule has 0 aliphatic rings. The van der Waals surface area contributed by atoms with E-state index in [0.717, 1.165) is 12.3 Å². The fourth-order valence-corrected chi connectivity index (χ4v) is 0.725. The molecule has 0 aromatic rings. The van der Waals surface area contributed by atoms with Gasteiger partial charge >= 0.3 is 0 Å². The maximum Gasteiger partial charge on any atom is 0.126 e. The van der Waals surface area contributed by atoms with Gasteiger partial charge in [0.2, 0.25) is 0 Å². The van der Waals surface area contributed by atoms with E-state index >= 15 is 0 Å². The van der Waals surface area contributed by atoms with Crippen LogP contribution >= 0.6 is 0 Å². The van der Waals surface area contributed by atoms with E-state index in [4.69, 9.17) is 0 Å². The minimum atomic E-state index is 0.167. The summed E-state index contributed by atoms with van der Waals surface area (Å²) in [5.41, 5.74) is 2.69. The number of carbonyl (C=O) groups is 1. The van der Waals surface area contributed by atoms with E-state index in [9.17, 15) is 4.79 Å². The quantitative estimate of drug-likeness (QED) is 0.490. The molecule has 132 valence electrons. The maximum absolute atomic E-state index is 9.44. The lowest BCUT2D eigenvalue weighted by Crippen LogP contribution is -1.73. The number of hydrogen-bond donors (Lipinski definition) is 0. The summed E-state index contributed by atoms with van der Waals surface area (Å²) in [4.78, 5) is 9.44. The number of rotatable bonds is 4. The van der Waals surface area contributed by atoms with Crippen molar-refractivity contribution in [3.05, 3.63) is 36.0 Å². The van der Waals surface area contributed by atoms with Crippen LogP contribution in [0.5, 0.6) is 0 Å². The summed E-state index contributed by atoms with van der Waals surface area (Å²) in [5, 5.41) is 0. The summed E-state index contributed by atoms with van der Waals surface area (Å²) in [6.07, 6.45) is 9.78. The molecule has 1 heteroatoms. The van der Waals surface area contributed by atoms with E-state index in [2.05, 4.69) is 68.0 Å². The largest absolute Gasteiger partial charge is 0.300 e. The normalized spacial score (nSPS) is 10.3. The summed E-state index contributed by atoms with van der Waals surface area (Å²) >= 11 is 0. The van der Waals surface area contributed by atoms with E-state index in [-0.39, 0.29) is 5.78 Å². The second-order valence-corrected chi connectivity index (χ2v) is 6.13. The molecule has 0 fully saturated rings. The van der Waals surface area contributed by atoms with Crippen LogP contribution in [0, 0.1) is 5.92 Å². The Morgan fingerprint density at radius 2 is 1.27 bits per heavy atom. The molecule has 0 saturated heterocycles. The fourth-order valence-electron chi connectivity index (χ4n) is 0.725. The van der Waals surface area contributed by atoms with Gasteiger partial charge in [-0.25, -0.2) is 0 Å². The second-order valence-electron chi connectivity index (χ2n) is 6.13. The third-order valence-corrected chi connectivity index (χ3v) is 1.91. The average molecular weight is 311 g/mol. The molecule has 0 rings (SSSR count). The standard InChI is InChI=1S/C10H16.2C4H10.C3H6O/c1-5-7-10(4)8-9(3)6-2;1-4(2)3;1-3-4-2;1-3(2)4/h5,7-8H,1,6H2,2-4H3;4H,1-3H3;3-4H2,1-2H3;1-2H3/b9-8+,10-7-;;;. The minimum absolute atomic E-state index is 0.167. The minimum Gasteiger partial charge on any atom is -0.300 e. The summed E-state index contributed by atoms with van der Waals surface area (Å²) in [6.45, 7) is 23.9. The molecule has 0 N–H and O–H groups in total. The van der Waals surface area contributed by atoms with Crippen molar-refractivity contribution >= 4 is 5.78 Å². The zero-order valence-electron chi connectivity index (χ0n) is 17.0. The van der Waals surface area contributed by atoms with Crippen LogP contribution in [0.1, 0.15) is 88.5 Å². The molecule has 0 amide bonds. The predicted octanol–water partition coefficient (Wildman–Crippen LogP) is 7.54. The highest BCUT2D eigenvalue weighted by atomic mass is 16.1. The zero-order chi connectivity index (χ0) is 18.6. The van der Waals surface area contributed by atoms with Crippen molar-refractivity contribution in [2.75, 3.05) is 0 Å². The number of ketones is 1. The molecule has 0 saturated carbocycles. The van der Waals surface area contributed by atoms with E-state index < -0.39 is 0 Å². The van der Waals surface area contributed by atoms with Gasteiger partial charge in [-0.05, 0) is 40.0 Å². The predicted molar refractivity (Wildman–Crippen MR) is 105 cm³/mol. The summed E-state index contributed by atoms with van der Waals surface area (Å²) in [5.74, 6) is 1.00. The lowest BCUT2D eigenvalue weighted by molar-refractivity contribution is -0.114. The maximum atomic E-state index is 9.44. The van der Waals surface area contributed by atoms with Crippen molar-refractivity contribution in [2.45, 2.75) is 88.5 Å². The molecule has 0 radical (unpaired) electrons. The van der Waals surface area contributed by atoms with Crippen LogP contribution in [0.3, 0.4) is 0 Å². The van der Waals surface area contributed by atoms with Gasteiger partial charge in [0.1, 0.15) is 5.78 Å². The molecule has 0 bridgehead atoms. The van der Waals surface area contributed by atoms with Gasteiger partial charge in [0, 0.05) is 0 Å². The van der Waals surface area contributed by atoms with Gasteiger partial charge in [0.15, 0.2) is 0 Å². The van der Waals surface area contributed by atoms with E-state index in [0.29, 0.717) is 0 Å². The number of allylic oxidation sites excluding steroid dienone is 5. The zero-order valence-corrected chi connectivity index (χ0v) is 17.0. The molecule has 0 aromatic carbocycles. The second kappa shape index (κ2) is 24.9. The molecule has 1 nitrogen and oxygen atoms in total. The Balaban J connectivity index is -0.000000112. The molecule has 22 heavy (non-hydrogen) atoms. The number of unbranched alkanes of at least 4 members (excludes halogenated alkanes) is 1. The van der Waals surface area contributed by atoms with Gasteiger partial charge in [0.05, 0.1) is 0 Å². The molecule has 0 aliphatic heterocycles. The van der Waals surface area contributed by atoms with Crippen molar-refractivity contribution in [2.24, 2.45) is 5.92 Å². The Morgan fingerprint density at radius 1 is 0.955 bits per heavy atom. The van der Waals surface area contributed by atoms with Gasteiger partial charge in [0.25, 0.3) is 0 Å². The monoisotopic (exact) mass is 310 g/mol. The van der Waals surface area contributed by atoms with Crippen LogP contribution in [0.15, 0.2) is 36.0 Å². The third-order valence-electron chi connectivity index (χ3n) is 1.91. The van der Waals surface area contributed by atoms with Crippen molar-refractivity contribution in [3.63, 3.8) is 0 Å². The Labute approximate surface area is 141 Å². The molecule has 0 aromatic heterocycles. The lowest BCUT2D eigenvalue weighted by Gasteiger charge is -1.93. The van der Waals surface area contributed by atoms with Crippen LogP contribution < -0.4 is 0 Å². The van der Waals surface area contributed by atoms with Crippen LogP contribution in [0.25, 0.3) is 0 Å². The number of carbonyl (C=O) groups excluding carboxylic acids is 1. The van der Waals surface area contributed by atoms with Gasteiger partial charge in [-0.15, -0.1) is 0 Å². The first-order chi connectivity index (χ1) is 10.1. The van der Waals surface area contributed by atoms with Crippen molar-refractivity contribution in [3.8, 4) is 0 Å². The van der Waals surface area contributed by atoms with Gasteiger partial charge in [-0.3, -0.25) is 0 Å². The highest BCUT2D eigenvalue weighted by molar-refractivity contribution is 5.72.